The van der Waals surface area contributed by atoms with Crippen LogP contribution in [-0.4, -0.2) is 29.9 Å². The zero-order valence-electron chi connectivity index (χ0n) is 13.5. The maximum atomic E-state index is 12.4. The van der Waals surface area contributed by atoms with Crippen LogP contribution in [0.15, 0.2) is 0 Å². The molecule has 3 atom stereocenters. The highest BCUT2D eigenvalue weighted by Gasteiger charge is 2.39. The number of carbonyl (C=O) groups is 1. The second-order valence-corrected chi connectivity index (χ2v) is 7.84. The maximum Gasteiger partial charge on any atom is 0.222 e. The van der Waals surface area contributed by atoms with E-state index in [0.29, 0.717) is 29.2 Å². The molecule has 0 aromatic rings. The Labute approximate surface area is 124 Å². The van der Waals surface area contributed by atoms with Gasteiger partial charge < -0.3 is 10.6 Å². The molecule has 20 heavy (non-hydrogen) atoms. The lowest BCUT2D eigenvalue weighted by molar-refractivity contribution is -0.135. The third-order valence-corrected chi connectivity index (χ3v) is 5.49. The molecule has 3 unspecified atom stereocenters. The molecule has 0 aromatic carbocycles. The summed E-state index contributed by atoms with van der Waals surface area (Å²) in [5.74, 6) is 1.60. The van der Waals surface area contributed by atoms with Crippen LogP contribution in [0.25, 0.3) is 0 Å². The van der Waals surface area contributed by atoms with Crippen LogP contribution >= 0.6 is 0 Å². The Morgan fingerprint density at radius 1 is 1.20 bits per heavy atom. The summed E-state index contributed by atoms with van der Waals surface area (Å²) in [6, 6.07) is 0.392. The molecule has 1 saturated carbocycles. The van der Waals surface area contributed by atoms with Crippen LogP contribution in [0.5, 0.6) is 0 Å². The summed E-state index contributed by atoms with van der Waals surface area (Å²) in [5, 5.41) is 0. The van der Waals surface area contributed by atoms with Gasteiger partial charge in [0.2, 0.25) is 5.91 Å². The molecule has 1 saturated heterocycles. The zero-order valence-corrected chi connectivity index (χ0v) is 13.5. The van der Waals surface area contributed by atoms with Gasteiger partial charge in [-0.3, -0.25) is 4.79 Å². The third kappa shape index (κ3) is 3.55. The number of hydrogen-bond acceptors (Lipinski definition) is 2. The molecule has 1 aliphatic heterocycles. The van der Waals surface area contributed by atoms with Gasteiger partial charge in [0.25, 0.3) is 0 Å². The van der Waals surface area contributed by atoms with E-state index in [0.717, 1.165) is 32.4 Å². The predicted octanol–water partition coefficient (Wildman–Crippen LogP) is 3.18. The molecule has 0 radical (unpaired) electrons. The van der Waals surface area contributed by atoms with Crippen molar-refractivity contribution in [2.75, 3.05) is 13.1 Å². The molecule has 2 fully saturated rings. The average Bonchev–Trinajstić information content (AvgIpc) is 2.61. The van der Waals surface area contributed by atoms with Crippen molar-refractivity contribution in [1.82, 2.24) is 4.90 Å². The van der Waals surface area contributed by atoms with E-state index < -0.39 is 0 Å². The summed E-state index contributed by atoms with van der Waals surface area (Å²) in [6.45, 7) is 8.69. The fourth-order valence-corrected chi connectivity index (χ4v) is 4.01. The lowest BCUT2D eigenvalue weighted by Crippen LogP contribution is -2.50. The third-order valence-electron chi connectivity index (χ3n) is 5.49. The lowest BCUT2D eigenvalue weighted by atomic mass is 9.67. The molecule has 3 heteroatoms. The van der Waals surface area contributed by atoms with Gasteiger partial charge >= 0.3 is 0 Å². The molecular formula is C17H32N2O. The van der Waals surface area contributed by atoms with Crippen molar-refractivity contribution in [1.29, 1.82) is 0 Å². The first kappa shape index (κ1) is 15.8. The number of amides is 1. The Balaban J connectivity index is 2.13. The van der Waals surface area contributed by atoms with E-state index >= 15 is 0 Å². The van der Waals surface area contributed by atoms with E-state index in [1.165, 1.54) is 25.7 Å². The number of nitrogens with zero attached hydrogens (tertiary/aromatic N) is 1. The van der Waals surface area contributed by atoms with Crippen LogP contribution in [0, 0.1) is 17.3 Å². The van der Waals surface area contributed by atoms with Crippen LogP contribution in [0.1, 0.15) is 65.7 Å². The van der Waals surface area contributed by atoms with Gasteiger partial charge in [0, 0.05) is 19.0 Å². The van der Waals surface area contributed by atoms with Gasteiger partial charge in [-0.15, -0.1) is 0 Å². The maximum absolute atomic E-state index is 12.4. The molecule has 116 valence electrons. The monoisotopic (exact) mass is 280 g/mol. The highest BCUT2D eigenvalue weighted by Crippen LogP contribution is 2.41. The molecular weight excluding hydrogens is 248 g/mol. The first-order chi connectivity index (χ1) is 9.43. The molecule has 2 N–H and O–H groups in total. The van der Waals surface area contributed by atoms with Gasteiger partial charge in [0.15, 0.2) is 0 Å². The number of hydrogen-bond donors (Lipinski definition) is 1. The Hall–Kier alpha value is -0.570. The van der Waals surface area contributed by atoms with E-state index in [-0.39, 0.29) is 0 Å². The zero-order chi connectivity index (χ0) is 14.8. The molecule has 1 amide bonds. The van der Waals surface area contributed by atoms with Gasteiger partial charge in [-0.2, -0.15) is 0 Å². The summed E-state index contributed by atoms with van der Waals surface area (Å²) in [7, 11) is 0. The molecule has 3 nitrogen and oxygen atoms in total. The molecule has 0 bridgehead atoms. The number of nitrogens with two attached hydrogens (primary N) is 1. The summed E-state index contributed by atoms with van der Waals surface area (Å²) in [6.07, 6.45) is 7.78. The summed E-state index contributed by atoms with van der Waals surface area (Å²) < 4.78 is 0. The summed E-state index contributed by atoms with van der Waals surface area (Å²) in [4.78, 5) is 14.6. The molecule has 2 aliphatic rings. The van der Waals surface area contributed by atoms with Crippen molar-refractivity contribution in [2.45, 2.75) is 71.8 Å². The van der Waals surface area contributed by atoms with Gasteiger partial charge in [0.05, 0.1) is 0 Å². The predicted molar refractivity (Wildman–Crippen MR) is 83.3 cm³/mol. The van der Waals surface area contributed by atoms with Crippen LogP contribution in [0.4, 0.5) is 0 Å². The Morgan fingerprint density at radius 3 is 2.60 bits per heavy atom. The molecule has 1 heterocycles. The first-order valence-electron chi connectivity index (χ1n) is 8.43. The highest BCUT2D eigenvalue weighted by atomic mass is 16.2. The minimum atomic E-state index is 0.340. The average molecular weight is 280 g/mol. The smallest absolute Gasteiger partial charge is 0.222 e. The lowest BCUT2D eigenvalue weighted by Gasteiger charge is -2.46. The topological polar surface area (TPSA) is 46.3 Å². The van der Waals surface area contributed by atoms with E-state index in [4.69, 9.17) is 5.73 Å². The fraction of sp³-hybridized carbons (Fsp3) is 0.941. The molecule has 2 rings (SSSR count). The van der Waals surface area contributed by atoms with Crippen molar-refractivity contribution >= 4 is 5.91 Å². The first-order valence-corrected chi connectivity index (χ1v) is 8.43. The SMILES string of the molecule is CC(C)(C)C1CCC(CN)C(N2CCCCCC2=O)C1. The van der Waals surface area contributed by atoms with Crippen LogP contribution in [0.3, 0.4) is 0 Å². The van der Waals surface area contributed by atoms with E-state index in [1.807, 2.05) is 0 Å². The standard InChI is InChI=1S/C17H32N2O/c1-17(2,3)14-9-8-13(12-18)15(11-14)19-10-6-4-5-7-16(19)20/h13-15H,4-12,18H2,1-3H3. The van der Waals surface area contributed by atoms with Gasteiger partial charge in [-0.05, 0) is 55.9 Å². The summed E-state index contributed by atoms with van der Waals surface area (Å²) >= 11 is 0. The molecule has 0 aromatic heterocycles. The summed E-state index contributed by atoms with van der Waals surface area (Å²) in [5.41, 5.74) is 6.34. The Morgan fingerprint density at radius 2 is 1.95 bits per heavy atom. The fourth-order valence-electron chi connectivity index (χ4n) is 4.01. The van der Waals surface area contributed by atoms with Crippen LogP contribution in [-0.2, 0) is 4.79 Å². The quantitative estimate of drug-likeness (QED) is 0.844. The van der Waals surface area contributed by atoms with Gasteiger partial charge in [0.1, 0.15) is 0 Å². The van der Waals surface area contributed by atoms with Crippen LogP contribution in [0.2, 0.25) is 0 Å². The van der Waals surface area contributed by atoms with E-state index in [2.05, 4.69) is 25.7 Å². The van der Waals surface area contributed by atoms with Crippen molar-refractivity contribution in [2.24, 2.45) is 23.0 Å². The van der Waals surface area contributed by atoms with Gasteiger partial charge in [-0.1, -0.05) is 27.2 Å². The largest absolute Gasteiger partial charge is 0.339 e. The number of likely N-dealkylation sites (tertiary alicyclic amines) is 1. The van der Waals surface area contributed by atoms with Crippen molar-refractivity contribution < 1.29 is 4.79 Å². The second-order valence-electron chi connectivity index (χ2n) is 7.84. The highest BCUT2D eigenvalue weighted by molar-refractivity contribution is 5.76. The van der Waals surface area contributed by atoms with Crippen molar-refractivity contribution in [3.63, 3.8) is 0 Å². The second kappa shape index (κ2) is 6.46. The minimum absolute atomic E-state index is 0.340. The number of rotatable bonds is 2. The van der Waals surface area contributed by atoms with Crippen molar-refractivity contribution in [3.05, 3.63) is 0 Å². The Bertz CT molecular complexity index is 334. The Kier molecular flexibility index (Phi) is 5.11. The minimum Gasteiger partial charge on any atom is -0.339 e. The van der Waals surface area contributed by atoms with Crippen molar-refractivity contribution in [3.8, 4) is 0 Å². The van der Waals surface area contributed by atoms with Crippen LogP contribution < -0.4 is 5.73 Å². The van der Waals surface area contributed by atoms with E-state index in [9.17, 15) is 4.79 Å². The normalized spacial score (nSPS) is 33.1. The van der Waals surface area contributed by atoms with Gasteiger partial charge in [-0.25, -0.2) is 0 Å². The molecule has 1 aliphatic carbocycles. The van der Waals surface area contributed by atoms with E-state index in [1.54, 1.807) is 0 Å². The molecule has 0 spiro atoms. The number of carbonyl (C=O) groups excluding carboxylic acids is 1.